The Morgan fingerprint density at radius 1 is 1.10 bits per heavy atom. The molecule has 0 aliphatic rings. The van der Waals surface area contributed by atoms with Crippen LogP contribution in [0.5, 0.6) is 5.75 Å². The summed E-state index contributed by atoms with van der Waals surface area (Å²) in [5.74, 6) is 0.740. The standard InChI is InChI=1S/C16H18F2N2O/c1-21-14-4-2-3-13(9-14)20-15(10-19)11-5-7-12(8-6-11)16(17)18/h2-9,15-16,20H,10,19H2,1H3. The zero-order valence-corrected chi connectivity index (χ0v) is 11.7. The Labute approximate surface area is 122 Å². The van der Waals surface area contributed by atoms with Crippen molar-refractivity contribution in [2.24, 2.45) is 5.73 Å². The van der Waals surface area contributed by atoms with Crippen LogP contribution in [0.4, 0.5) is 14.5 Å². The van der Waals surface area contributed by atoms with Gasteiger partial charge in [-0.1, -0.05) is 30.3 Å². The maximum atomic E-state index is 12.6. The lowest BCUT2D eigenvalue weighted by Gasteiger charge is -2.19. The van der Waals surface area contributed by atoms with E-state index in [2.05, 4.69) is 5.32 Å². The lowest BCUT2D eigenvalue weighted by molar-refractivity contribution is 0.151. The largest absolute Gasteiger partial charge is 0.497 e. The average molecular weight is 292 g/mol. The number of halogens is 2. The van der Waals surface area contributed by atoms with Crippen molar-refractivity contribution in [1.29, 1.82) is 0 Å². The highest BCUT2D eigenvalue weighted by molar-refractivity contribution is 5.50. The monoisotopic (exact) mass is 292 g/mol. The van der Waals surface area contributed by atoms with Crippen LogP contribution in [-0.2, 0) is 0 Å². The molecule has 0 bridgehead atoms. The molecule has 0 fully saturated rings. The van der Waals surface area contributed by atoms with Crippen molar-refractivity contribution in [2.75, 3.05) is 19.0 Å². The third kappa shape index (κ3) is 3.92. The highest BCUT2D eigenvalue weighted by atomic mass is 19.3. The number of alkyl halides is 2. The van der Waals surface area contributed by atoms with Crippen molar-refractivity contribution in [3.63, 3.8) is 0 Å². The van der Waals surface area contributed by atoms with E-state index in [1.54, 1.807) is 19.2 Å². The minimum Gasteiger partial charge on any atom is -0.497 e. The molecule has 112 valence electrons. The summed E-state index contributed by atoms with van der Waals surface area (Å²) in [4.78, 5) is 0. The molecule has 0 heterocycles. The summed E-state index contributed by atoms with van der Waals surface area (Å²) in [5.41, 5.74) is 7.52. The lowest BCUT2D eigenvalue weighted by Crippen LogP contribution is -2.20. The summed E-state index contributed by atoms with van der Waals surface area (Å²) in [6, 6.07) is 13.5. The van der Waals surface area contributed by atoms with E-state index in [0.29, 0.717) is 6.54 Å². The van der Waals surface area contributed by atoms with Gasteiger partial charge in [0.1, 0.15) is 5.75 Å². The number of hydrogen-bond donors (Lipinski definition) is 2. The molecule has 2 aromatic rings. The molecule has 3 nitrogen and oxygen atoms in total. The van der Waals surface area contributed by atoms with Crippen molar-refractivity contribution < 1.29 is 13.5 Å². The number of nitrogens with one attached hydrogen (secondary N) is 1. The van der Waals surface area contributed by atoms with Gasteiger partial charge in [0, 0.05) is 23.9 Å². The first-order valence-electron chi connectivity index (χ1n) is 6.62. The maximum Gasteiger partial charge on any atom is 0.263 e. The van der Waals surface area contributed by atoms with Crippen LogP contribution < -0.4 is 15.8 Å². The van der Waals surface area contributed by atoms with Crippen LogP contribution in [0.2, 0.25) is 0 Å². The second-order valence-electron chi connectivity index (χ2n) is 4.63. The molecule has 3 N–H and O–H groups in total. The highest BCUT2D eigenvalue weighted by Crippen LogP contribution is 2.24. The molecular weight excluding hydrogens is 274 g/mol. The summed E-state index contributed by atoms with van der Waals surface area (Å²) in [6.07, 6.45) is -2.46. The molecule has 0 spiro atoms. The van der Waals surface area contributed by atoms with Crippen LogP contribution in [0.1, 0.15) is 23.6 Å². The molecule has 5 heteroatoms. The predicted octanol–water partition coefficient (Wildman–Crippen LogP) is 3.74. The van der Waals surface area contributed by atoms with Crippen molar-refractivity contribution in [3.8, 4) is 5.75 Å². The maximum absolute atomic E-state index is 12.6. The van der Waals surface area contributed by atoms with Gasteiger partial charge < -0.3 is 15.8 Å². The Balaban J connectivity index is 2.15. The van der Waals surface area contributed by atoms with Gasteiger partial charge in [0.05, 0.1) is 13.2 Å². The van der Waals surface area contributed by atoms with E-state index in [-0.39, 0.29) is 11.6 Å². The molecule has 0 aromatic heterocycles. The molecule has 0 radical (unpaired) electrons. The third-order valence-electron chi connectivity index (χ3n) is 3.24. The van der Waals surface area contributed by atoms with Crippen LogP contribution in [0.3, 0.4) is 0 Å². The first-order chi connectivity index (χ1) is 10.1. The Morgan fingerprint density at radius 3 is 2.33 bits per heavy atom. The Bertz CT molecular complexity index is 573. The molecule has 0 saturated carbocycles. The quantitative estimate of drug-likeness (QED) is 0.852. The molecule has 0 aliphatic heterocycles. The number of hydrogen-bond acceptors (Lipinski definition) is 3. The predicted molar refractivity (Wildman–Crippen MR) is 79.8 cm³/mol. The van der Waals surface area contributed by atoms with E-state index in [9.17, 15) is 8.78 Å². The molecule has 0 saturated heterocycles. The van der Waals surface area contributed by atoms with E-state index in [0.717, 1.165) is 17.0 Å². The van der Waals surface area contributed by atoms with Crippen LogP contribution in [0, 0.1) is 0 Å². The molecule has 1 atom stereocenters. The summed E-state index contributed by atoms with van der Waals surface area (Å²) in [5, 5.41) is 3.28. The van der Waals surface area contributed by atoms with Crippen LogP contribution in [-0.4, -0.2) is 13.7 Å². The molecule has 0 aliphatic carbocycles. The summed E-state index contributed by atoms with van der Waals surface area (Å²) < 4.78 is 30.3. The van der Waals surface area contributed by atoms with Gasteiger partial charge in [0.2, 0.25) is 0 Å². The molecule has 21 heavy (non-hydrogen) atoms. The number of nitrogens with two attached hydrogens (primary N) is 1. The number of rotatable bonds is 6. The van der Waals surface area contributed by atoms with E-state index >= 15 is 0 Å². The van der Waals surface area contributed by atoms with Gasteiger partial charge in [0.25, 0.3) is 6.43 Å². The van der Waals surface area contributed by atoms with E-state index < -0.39 is 6.43 Å². The van der Waals surface area contributed by atoms with Crippen molar-refractivity contribution in [1.82, 2.24) is 0 Å². The fraction of sp³-hybridized carbons (Fsp3) is 0.250. The molecule has 0 amide bonds. The van der Waals surface area contributed by atoms with Gasteiger partial charge in [-0.25, -0.2) is 8.78 Å². The molecule has 2 aromatic carbocycles. The van der Waals surface area contributed by atoms with Crippen molar-refractivity contribution >= 4 is 5.69 Å². The van der Waals surface area contributed by atoms with Gasteiger partial charge in [-0.15, -0.1) is 0 Å². The van der Waals surface area contributed by atoms with Gasteiger partial charge >= 0.3 is 0 Å². The van der Waals surface area contributed by atoms with Crippen molar-refractivity contribution in [3.05, 3.63) is 59.7 Å². The normalized spacial score (nSPS) is 12.2. The molecule has 1 unspecified atom stereocenters. The fourth-order valence-electron chi connectivity index (χ4n) is 2.07. The number of anilines is 1. The average Bonchev–Trinajstić information content (AvgIpc) is 2.53. The lowest BCUT2D eigenvalue weighted by atomic mass is 10.0. The fourth-order valence-corrected chi connectivity index (χ4v) is 2.07. The van der Waals surface area contributed by atoms with Gasteiger partial charge in [-0.05, 0) is 17.7 Å². The van der Waals surface area contributed by atoms with Gasteiger partial charge in [-0.2, -0.15) is 0 Å². The Morgan fingerprint density at radius 2 is 1.76 bits per heavy atom. The number of methoxy groups -OCH3 is 1. The molecular formula is C16H18F2N2O. The third-order valence-corrected chi connectivity index (χ3v) is 3.24. The minimum atomic E-state index is -2.46. The van der Waals surface area contributed by atoms with Crippen LogP contribution in [0.25, 0.3) is 0 Å². The van der Waals surface area contributed by atoms with Crippen molar-refractivity contribution in [2.45, 2.75) is 12.5 Å². The van der Waals surface area contributed by atoms with Gasteiger partial charge in [0.15, 0.2) is 0 Å². The van der Waals surface area contributed by atoms with E-state index in [1.165, 1.54) is 12.1 Å². The second-order valence-corrected chi connectivity index (χ2v) is 4.63. The van der Waals surface area contributed by atoms with E-state index in [4.69, 9.17) is 10.5 Å². The molecule has 2 rings (SSSR count). The van der Waals surface area contributed by atoms with Crippen LogP contribution >= 0.6 is 0 Å². The topological polar surface area (TPSA) is 47.3 Å². The summed E-state index contributed by atoms with van der Waals surface area (Å²) >= 11 is 0. The van der Waals surface area contributed by atoms with Crippen LogP contribution in [0.15, 0.2) is 48.5 Å². The Kier molecular flexibility index (Phi) is 5.11. The number of ether oxygens (including phenoxy) is 1. The first-order valence-corrected chi connectivity index (χ1v) is 6.62. The zero-order valence-electron chi connectivity index (χ0n) is 11.7. The SMILES string of the molecule is COc1cccc(NC(CN)c2ccc(C(F)F)cc2)c1. The summed E-state index contributed by atoms with van der Waals surface area (Å²) in [7, 11) is 1.60. The zero-order chi connectivity index (χ0) is 15.2. The van der Waals surface area contributed by atoms with Gasteiger partial charge in [-0.3, -0.25) is 0 Å². The second kappa shape index (κ2) is 7.04. The first kappa shape index (κ1) is 15.3. The smallest absolute Gasteiger partial charge is 0.263 e. The van der Waals surface area contributed by atoms with E-state index in [1.807, 2.05) is 24.3 Å². The highest BCUT2D eigenvalue weighted by Gasteiger charge is 2.12. The minimum absolute atomic E-state index is 0.0101. The Hall–Kier alpha value is -2.14. The summed E-state index contributed by atoms with van der Waals surface area (Å²) in [6.45, 7) is 0.352. The number of benzene rings is 2.